The molecule has 0 amide bonds. The van der Waals surface area contributed by atoms with E-state index in [0.717, 1.165) is 15.9 Å². The van der Waals surface area contributed by atoms with Crippen molar-refractivity contribution < 1.29 is 0 Å². The van der Waals surface area contributed by atoms with Crippen molar-refractivity contribution in [2.24, 2.45) is 0 Å². The maximum absolute atomic E-state index is 6.26. The van der Waals surface area contributed by atoms with Gasteiger partial charge in [0.1, 0.15) is 0 Å². The van der Waals surface area contributed by atoms with Gasteiger partial charge in [-0.2, -0.15) is 0 Å². The number of anilines is 1. The van der Waals surface area contributed by atoms with Crippen molar-refractivity contribution in [2.45, 2.75) is 0 Å². The number of hydrogen-bond donors (Lipinski definition) is 1. The van der Waals surface area contributed by atoms with E-state index in [4.69, 9.17) is 11.6 Å². The molecule has 3 rings (SSSR count). The molecule has 0 radical (unpaired) electrons. The smallest absolute Gasteiger partial charge is 0.0519 e. The van der Waals surface area contributed by atoms with Crippen LogP contribution in [0.25, 0.3) is 17.2 Å². The fraction of sp³-hybridized carbons (Fsp3) is 0. The number of nitrogens with one attached hydrogen (secondary N) is 1. The molecular weight excluding hydrogens is 218 g/mol. The summed E-state index contributed by atoms with van der Waals surface area (Å²) in [5, 5.41) is 6.24. The zero-order valence-electron chi connectivity index (χ0n) is 8.57. The van der Waals surface area contributed by atoms with Crippen LogP contribution in [0.5, 0.6) is 0 Å². The fourth-order valence-electron chi connectivity index (χ4n) is 2.00. The first-order valence-corrected chi connectivity index (χ1v) is 5.55. The summed E-state index contributed by atoms with van der Waals surface area (Å²) < 4.78 is 0. The van der Waals surface area contributed by atoms with Crippen molar-refractivity contribution in [1.82, 2.24) is 0 Å². The van der Waals surface area contributed by atoms with E-state index in [1.54, 1.807) is 0 Å². The van der Waals surface area contributed by atoms with Crippen LogP contribution in [0.2, 0.25) is 0 Å². The molecule has 0 unspecified atom stereocenters. The molecule has 78 valence electrons. The Balaban J connectivity index is 2.52. The summed E-state index contributed by atoms with van der Waals surface area (Å²) in [6.45, 7) is 0. The van der Waals surface area contributed by atoms with Gasteiger partial charge in [0.15, 0.2) is 0 Å². The summed E-state index contributed by atoms with van der Waals surface area (Å²) in [6, 6.07) is 4.16. The van der Waals surface area contributed by atoms with E-state index in [2.05, 4.69) is 29.6 Å². The number of benzene rings is 1. The van der Waals surface area contributed by atoms with E-state index < -0.39 is 0 Å². The summed E-state index contributed by atoms with van der Waals surface area (Å²) in [4.78, 5) is 0. The molecule has 2 aliphatic rings. The highest BCUT2D eigenvalue weighted by Crippen LogP contribution is 2.12. The van der Waals surface area contributed by atoms with Gasteiger partial charge in [0.2, 0.25) is 0 Å². The van der Waals surface area contributed by atoms with Crippen molar-refractivity contribution >= 4 is 34.5 Å². The van der Waals surface area contributed by atoms with Crippen LogP contribution in [0.4, 0.5) is 5.69 Å². The molecule has 1 N–H and O–H groups in total. The molecule has 1 heterocycles. The van der Waals surface area contributed by atoms with Crippen LogP contribution in [0.15, 0.2) is 42.6 Å². The molecule has 0 saturated carbocycles. The van der Waals surface area contributed by atoms with Crippen LogP contribution in [0.3, 0.4) is 0 Å². The Morgan fingerprint density at radius 2 is 1.94 bits per heavy atom. The summed E-state index contributed by atoms with van der Waals surface area (Å²) in [5.74, 6) is 0. The monoisotopic (exact) mass is 227 g/mol. The summed E-state index contributed by atoms with van der Waals surface area (Å²) in [7, 11) is 0. The molecule has 1 aromatic rings. The minimum atomic E-state index is 0.783. The molecule has 1 aliphatic carbocycles. The van der Waals surface area contributed by atoms with E-state index in [1.807, 2.05) is 30.5 Å². The van der Waals surface area contributed by atoms with E-state index in [1.165, 1.54) is 10.8 Å². The highest BCUT2D eigenvalue weighted by molar-refractivity contribution is 6.47. The summed E-state index contributed by atoms with van der Waals surface area (Å²) >= 11 is 6.26. The molecule has 1 aromatic carbocycles. The molecule has 0 spiro atoms. The first-order chi connectivity index (χ1) is 7.86. The molecule has 0 atom stereocenters. The van der Waals surface area contributed by atoms with Gasteiger partial charge >= 0.3 is 0 Å². The lowest BCUT2D eigenvalue weighted by molar-refractivity contribution is 1.43. The largest absolute Gasteiger partial charge is 0.361 e. The maximum atomic E-state index is 6.26. The minimum absolute atomic E-state index is 0.783. The maximum Gasteiger partial charge on any atom is 0.0519 e. The van der Waals surface area contributed by atoms with Gasteiger partial charge in [-0.1, -0.05) is 48.0 Å². The standard InChI is InChI=1S/C14H10ClN/c15-12-8-9-16-13-7-6-10-4-2-1-3-5-11(10)14(12)13/h1-9,16H. The average molecular weight is 228 g/mol. The number of halogens is 1. The van der Waals surface area contributed by atoms with Gasteiger partial charge in [0.05, 0.1) is 5.03 Å². The lowest BCUT2D eigenvalue weighted by atomic mass is 10.1. The second kappa shape index (κ2) is 3.69. The minimum Gasteiger partial charge on any atom is -0.361 e. The van der Waals surface area contributed by atoms with E-state index in [0.29, 0.717) is 0 Å². The van der Waals surface area contributed by atoms with Gasteiger partial charge in [-0.05, 0) is 22.9 Å². The van der Waals surface area contributed by atoms with Gasteiger partial charge in [-0.25, -0.2) is 0 Å². The average Bonchev–Trinajstić information content (AvgIpc) is 2.54. The highest BCUT2D eigenvalue weighted by atomic mass is 35.5. The Morgan fingerprint density at radius 3 is 2.88 bits per heavy atom. The third kappa shape index (κ3) is 1.41. The Hall–Kier alpha value is -1.73. The molecule has 1 nitrogen and oxygen atoms in total. The van der Waals surface area contributed by atoms with Crippen molar-refractivity contribution in [3.8, 4) is 0 Å². The number of hydrogen-bond acceptors (Lipinski definition) is 1. The van der Waals surface area contributed by atoms with Crippen molar-refractivity contribution in [2.75, 3.05) is 5.32 Å². The Kier molecular flexibility index (Phi) is 2.19. The first kappa shape index (κ1) is 9.49. The van der Waals surface area contributed by atoms with Crippen LogP contribution in [-0.4, -0.2) is 0 Å². The van der Waals surface area contributed by atoms with Crippen molar-refractivity contribution in [1.29, 1.82) is 0 Å². The van der Waals surface area contributed by atoms with E-state index in [-0.39, 0.29) is 0 Å². The van der Waals surface area contributed by atoms with E-state index >= 15 is 0 Å². The van der Waals surface area contributed by atoms with Crippen LogP contribution >= 0.6 is 11.6 Å². The van der Waals surface area contributed by atoms with Gasteiger partial charge in [-0.3, -0.25) is 0 Å². The quantitative estimate of drug-likeness (QED) is 0.718. The zero-order chi connectivity index (χ0) is 11.0. The molecule has 0 saturated heterocycles. The number of rotatable bonds is 0. The number of allylic oxidation sites excluding steroid dienone is 4. The first-order valence-electron chi connectivity index (χ1n) is 5.17. The van der Waals surface area contributed by atoms with Crippen LogP contribution < -0.4 is 15.8 Å². The van der Waals surface area contributed by atoms with Crippen molar-refractivity contribution in [3.05, 3.63) is 58.6 Å². The van der Waals surface area contributed by atoms with Gasteiger partial charge in [-0.15, -0.1) is 0 Å². The second-order valence-electron chi connectivity index (χ2n) is 3.73. The molecule has 1 aliphatic heterocycles. The topological polar surface area (TPSA) is 12.0 Å². The number of fused-ring (bicyclic) bond motifs is 3. The van der Waals surface area contributed by atoms with Crippen LogP contribution in [0.1, 0.15) is 5.56 Å². The fourth-order valence-corrected chi connectivity index (χ4v) is 2.27. The van der Waals surface area contributed by atoms with Gasteiger partial charge < -0.3 is 5.32 Å². The Bertz CT molecular complexity index is 648. The highest BCUT2D eigenvalue weighted by Gasteiger charge is 2.06. The summed E-state index contributed by atoms with van der Waals surface area (Å²) in [5.41, 5.74) is 2.25. The van der Waals surface area contributed by atoms with Crippen LogP contribution in [0, 0.1) is 0 Å². The normalized spacial score (nSPS) is 15.9. The Labute approximate surface area is 98.7 Å². The molecule has 2 heteroatoms. The molecule has 0 fully saturated rings. The molecule has 0 bridgehead atoms. The zero-order valence-corrected chi connectivity index (χ0v) is 9.33. The van der Waals surface area contributed by atoms with Gasteiger partial charge in [0, 0.05) is 17.1 Å². The third-order valence-corrected chi connectivity index (χ3v) is 3.06. The molecule has 0 aromatic heterocycles. The van der Waals surface area contributed by atoms with Crippen molar-refractivity contribution in [3.63, 3.8) is 0 Å². The lowest BCUT2D eigenvalue weighted by Gasteiger charge is -2.10. The summed E-state index contributed by atoms with van der Waals surface area (Å²) in [6.07, 6.45) is 14.0. The van der Waals surface area contributed by atoms with Crippen LogP contribution in [-0.2, 0) is 0 Å². The van der Waals surface area contributed by atoms with E-state index in [9.17, 15) is 0 Å². The predicted molar refractivity (Wildman–Crippen MR) is 70.4 cm³/mol. The Morgan fingerprint density at radius 1 is 1.00 bits per heavy atom. The molecular formula is C14H10ClN. The van der Waals surface area contributed by atoms with Gasteiger partial charge in [0.25, 0.3) is 0 Å². The second-order valence-corrected chi connectivity index (χ2v) is 4.13. The lowest BCUT2D eigenvalue weighted by Crippen LogP contribution is -2.32. The molecule has 16 heavy (non-hydrogen) atoms. The third-order valence-electron chi connectivity index (χ3n) is 2.75. The predicted octanol–water partition coefficient (Wildman–Crippen LogP) is 2.34. The SMILES string of the molecule is ClC1=c2c(ccc3c2=CC=CC=C3)NC=C1.